The van der Waals surface area contributed by atoms with Crippen LogP contribution in [0, 0.1) is 6.92 Å². The molecule has 0 atom stereocenters. The summed E-state index contributed by atoms with van der Waals surface area (Å²) in [5, 5.41) is 3.30. The second kappa shape index (κ2) is 7.28. The van der Waals surface area contributed by atoms with Crippen molar-refractivity contribution in [3.8, 4) is 0 Å². The van der Waals surface area contributed by atoms with E-state index < -0.39 is 10.0 Å². The summed E-state index contributed by atoms with van der Waals surface area (Å²) >= 11 is 0. The van der Waals surface area contributed by atoms with Gasteiger partial charge in [-0.1, -0.05) is 12.1 Å². The fraction of sp³-hybridized carbons (Fsp3) is 0.333. The number of aromatic nitrogens is 4. The Morgan fingerprint density at radius 3 is 2.57 bits per heavy atom. The lowest BCUT2D eigenvalue weighted by Crippen LogP contribution is -2.48. The summed E-state index contributed by atoms with van der Waals surface area (Å²) in [5.74, 6) is 1.15. The number of piperazine rings is 1. The molecule has 2 aromatic heterocycles. The van der Waals surface area contributed by atoms with Crippen molar-refractivity contribution in [1.82, 2.24) is 24.2 Å². The highest BCUT2D eigenvalue weighted by Crippen LogP contribution is 2.23. The minimum Gasteiger partial charge on any atom is -0.338 e. The van der Waals surface area contributed by atoms with Gasteiger partial charge in [-0.2, -0.15) is 4.31 Å². The van der Waals surface area contributed by atoms with Gasteiger partial charge in [-0.25, -0.2) is 28.4 Å². The van der Waals surface area contributed by atoms with Crippen molar-refractivity contribution < 1.29 is 8.42 Å². The van der Waals surface area contributed by atoms with Crippen LogP contribution in [0.5, 0.6) is 0 Å². The van der Waals surface area contributed by atoms with Gasteiger partial charge in [0.25, 0.3) is 0 Å². The number of nitrogens with zero attached hydrogens (tertiary/aromatic N) is 6. The van der Waals surface area contributed by atoms with Crippen LogP contribution in [0.1, 0.15) is 5.56 Å². The molecule has 3 aromatic rings. The highest BCUT2D eigenvalue weighted by Gasteiger charge is 2.25. The van der Waals surface area contributed by atoms with Crippen LogP contribution in [0.15, 0.2) is 36.8 Å². The second-order valence-corrected chi connectivity index (χ2v) is 8.75. The molecule has 1 aromatic carbocycles. The minimum absolute atomic E-state index is 0.417. The third-order valence-electron chi connectivity index (χ3n) is 4.64. The van der Waals surface area contributed by atoms with E-state index in [4.69, 9.17) is 0 Å². The van der Waals surface area contributed by atoms with Gasteiger partial charge in [0.1, 0.15) is 17.4 Å². The van der Waals surface area contributed by atoms with Crippen molar-refractivity contribution in [3.05, 3.63) is 42.4 Å². The first-order valence-corrected chi connectivity index (χ1v) is 10.8. The van der Waals surface area contributed by atoms with E-state index in [-0.39, 0.29) is 0 Å². The summed E-state index contributed by atoms with van der Waals surface area (Å²) in [6.07, 6.45) is 4.38. The number of rotatable bonds is 4. The number of hydrogen-bond donors (Lipinski definition) is 1. The monoisotopic (exact) mass is 399 g/mol. The Morgan fingerprint density at radius 2 is 1.86 bits per heavy atom. The fourth-order valence-electron chi connectivity index (χ4n) is 3.17. The summed E-state index contributed by atoms with van der Waals surface area (Å²) in [6.45, 7) is 3.93. The molecule has 1 N–H and O–H groups in total. The Balaban J connectivity index is 1.62. The average molecular weight is 399 g/mol. The predicted octanol–water partition coefficient (Wildman–Crippen LogP) is 1.55. The quantitative estimate of drug-likeness (QED) is 0.705. The smallest absolute Gasteiger partial charge is 0.226 e. The molecule has 1 saturated heterocycles. The van der Waals surface area contributed by atoms with E-state index in [2.05, 4.69) is 25.3 Å². The van der Waals surface area contributed by atoms with Gasteiger partial charge in [0, 0.05) is 31.9 Å². The predicted molar refractivity (Wildman–Crippen MR) is 108 cm³/mol. The molecule has 0 amide bonds. The van der Waals surface area contributed by atoms with E-state index in [0.717, 1.165) is 11.3 Å². The van der Waals surface area contributed by atoms with E-state index >= 15 is 0 Å². The van der Waals surface area contributed by atoms with Gasteiger partial charge >= 0.3 is 0 Å². The number of aryl methyl sites for hydroxylation is 1. The number of anilines is 3. The van der Waals surface area contributed by atoms with Gasteiger partial charge in [-0.15, -0.1) is 0 Å². The van der Waals surface area contributed by atoms with Crippen molar-refractivity contribution in [2.24, 2.45) is 0 Å². The van der Waals surface area contributed by atoms with Gasteiger partial charge in [-0.05, 0) is 24.6 Å². The number of benzene rings is 1. The number of nitrogens with one attached hydrogen (secondary N) is 1. The zero-order valence-electron chi connectivity index (χ0n) is 15.7. The molecule has 146 valence electrons. The minimum atomic E-state index is -3.18. The Hall–Kier alpha value is -2.85. The molecule has 1 aliphatic rings. The van der Waals surface area contributed by atoms with Gasteiger partial charge in [0.15, 0.2) is 5.82 Å². The number of hydrogen-bond acceptors (Lipinski definition) is 8. The van der Waals surface area contributed by atoms with Gasteiger partial charge < -0.3 is 10.2 Å². The van der Waals surface area contributed by atoms with E-state index in [9.17, 15) is 8.42 Å². The first-order chi connectivity index (χ1) is 13.4. The number of fused-ring (bicyclic) bond motifs is 1. The van der Waals surface area contributed by atoms with Crippen LogP contribution >= 0.6 is 0 Å². The Morgan fingerprint density at radius 1 is 1.07 bits per heavy atom. The molecule has 0 aliphatic carbocycles. The molecule has 1 aliphatic heterocycles. The highest BCUT2D eigenvalue weighted by molar-refractivity contribution is 7.88. The fourth-order valence-corrected chi connectivity index (χ4v) is 3.99. The third-order valence-corrected chi connectivity index (χ3v) is 5.94. The Bertz CT molecular complexity index is 1110. The molecule has 0 saturated carbocycles. The highest BCUT2D eigenvalue weighted by atomic mass is 32.2. The summed E-state index contributed by atoms with van der Waals surface area (Å²) in [6, 6.07) is 8.00. The summed E-state index contributed by atoms with van der Waals surface area (Å²) in [4.78, 5) is 19.6. The van der Waals surface area contributed by atoms with Crippen molar-refractivity contribution in [1.29, 1.82) is 0 Å². The molecule has 28 heavy (non-hydrogen) atoms. The summed E-state index contributed by atoms with van der Waals surface area (Å²) in [5.41, 5.74) is 3.33. The van der Waals surface area contributed by atoms with E-state index in [1.54, 1.807) is 6.20 Å². The van der Waals surface area contributed by atoms with Crippen LogP contribution in [-0.4, -0.2) is 65.1 Å². The van der Waals surface area contributed by atoms with Gasteiger partial charge in [0.2, 0.25) is 16.0 Å². The topological polar surface area (TPSA) is 104 Å². The van der Waals surface area contributed by atoms with E-state index in [1.165, 1.54) is 16.9 Å². The van der Waals surface area contributed by atoms with Gasteiger partial charge in [0.05, 0.1) is 12.5 Å². The van der Waals surface area contributed by atoms with Crippen LogP contribution < -0.4 is 10.2 Å². The molecular formula is C18H21N7O2S. The van der Waals surface area contributed by atoms with Crippen LogP contribution in [0.2, 0.25) is 0 Å². The second-order valence-electron chi connectivity index (χ2n) is 6.77. The van der Waals surface area contributed by atoms with E-state index in [1.807, 2.05) is 36.1 Å². The van der Waals surface area contributed by atoms with Crippen molar-refractivity contribution in [2.75, 3.05) is 42.7 Å². The average Bonchev–Trinajstić information content (AvgIpc) is 2.67. The maximum atomic E-state index is 11.7. The van der Waals surface area contributed by atoms with E-state index in [0.29, 0.717) is 49.0 Å². The molecular weight excluding hydrogens is 378 g/mol. The van der Waals surface area contributed by atoms with Crippen LogP contribution in [0.4, 0.5) is 17.5 Å². The molecule has 3 heterocycles. The zero-order chi connectivity index (χ0) is 19.7. The molecule has 9 nitrogen and oxygen atoms in total. The lowest BCUT2D eigenvalue weighted by Gasteiger charge is -2.33. The van der Waals surface area contributed by atoms with Crippen LogP contribution in [0.3, 0.4) is 0 Å². The molecule has 0 bridgehead atoms. The molecule has 0 spiro atoms. The first kappa shape index (κ1) is 18.5. The van der Waals surface area contributed by atoms with Crippen LogP contribution in [-0.2, 0) is 10.0 Å². The first-order valence-electron chi connectivity index (χ1n) is 8.92. The SMILES string of the molecule is Cc1cccc(Nc2ncnc3cnc(N4CCN(S(C)(=O)=O)CC4)nc23)c1. The molecule has 0 radical (unpaired) electrons. The Labute approximate surface area is 163 Å². The maximum absolute atomic E-state index is 11.7. The normalized spacial score (nSPS) is 15.7. The lowest BCUT2D eigenvalue weighted by atomic mass is 10.2. The largest absolute Gasteiger partial charge is 0.338 e. The van der Waals surface area contributed by atoms with Gasteiger partial charge in [-0.3, -0.25) is 0 Å². The maximum Gasteiger partial charge on any atom is 0.226 e. The third kappa shape index (κ3) is 3.87. The number of sulfonamides is 1. The van der Waals surface area contributed by atoms with Crippen molar-refractivity contribution >= 4 is 38.5 Å². The zero-order valence-corrected chi connectivity index (χ0v) is 16.5. The summed E-state index contributed by atoms with van der Waals surface area (Å²) in [7, 11) is -3.18. The van der Waals surface area contributed by atoms with Crippen molar-refractivity contribution in [3.63, 3.8) is 0 Å². The Kier molecular flexibility index (Phi) is 4.82. The van der Waals surface area contributed by atoms with Crippen LogP contribution in [0.25, 0.3) is 11.0 Å². The molecule has 0 unspecified atom stereocenters. The standard InChI is InChI=1S/C18H21N7O2S/c1-13-4-3-5-14(10-13)22-17-16-15(20-12-21-17)11-19-18(23-16)24-6-8-25(9-7-24)28(2,26)27/h3-5,10-12H,6-9H2,1-2H3,(H,20,21,22). The van der Waals surface area contributed by atoms with Crippen molar-refractivity contribution in [2.45, 2.75) is 6.92 Å². The molecule has 10 heteroatoms. The molecule has 4 rings (SSSR count). The lowest BCUT2D eigenvalue weighted by molar-refractivity contribution is 0.386. The molecule has 1 fully saturated rings. The summed E-state index contributed by atoms with van der Waals surface area (Å²) < 4.78 is 24.9.